The van der Waals surface area contributed by atoms with Gasteiger partial charge >= 0.3 is 5.97 Å². The molecule has 1 heterocycles. The van der Waals surface area contributed by atoms with Crippen molar-refractivity contribution in [2.45, 2.75) is 17.2 Å². The van der Waals surface area contributed by atoms with Crippen molar-refractivity contribution >= 4 is 33.2 Å². The number of amides is 1. The molecule has 1 atom stereocenters. The highest BCUT2D eigenvalue weighted by atomic mass is 32.2. The second-order valence-corrected chi connectivity index (χ2v) is 6.41. The van der Waals surface area contributed by atoms with E-state index in [2.05, 4.69) is 10.0 Å². The number of nitrogens with one attached hydrogen (secondary N) is 2. The lowest BCUT2D eigenvalue weighted by Crippen LogP contribution is -2.43. The fourth-order valence-corrected chi connectivity index (χ4v) is 3.50. The van der Waals surface area contributed by atoms with Crippen molar-refractivity contribution in [2.75, 3.05) is 7.05 Å². The maximum atomic E-state index is 11.8. The van der Waals surface area contributed by atoms with Crippen LogP contribution in [0.15, 0.2) is 16.3 Å². The predicted molar refractivity (Wildman–Crippen MR) is 65.1 cm³/mol. The van der Waals surface area contributed by atoms with Crippen molar-refractivity contribution in [2.24, 2.45) is 0 Å². The Hall–Kier alpha value is -1.45. The Kier molecular flexibility index (Phi) is 4.43. The first-order valence-electron chi connectivity index (χ1n) is 4.85. The van der Waals surface area contributed by atoms with Gasteiger partial charge in [-0.05, 0) is 19.1 Å². The number of likely N-dealkylation sites (N-methyl/N-ethyl adjacent to an activating group) is 1. The lowest BCUT2D eigenvalue weighted by atomic mass is 10.3. The van der Waals surface area contributed by atoms with Crippen molar-refractivity contribution in [3.63, 3.8) is 0 Å². The van der Waals surface area contributed by atoms with Crippen LogP contribution in [-0.2, 0) is 14.8 Å². The van der Waals surface area contributed by atoms with Gasteiger partial charge < -0.3 is 10.4 Å². The lowest BCUT2D eigenvalue weighted by Gasteiger charge is -2.11. The second kappa shape index (κ2) is 5.46. The van der Waals surface area contributed by atoms with Crippen LogP contribution in [0.4, 0.5) is 0 Å². The number of carboxylic acid groups (broad SMARTS) is 1. The van der Waals surface area contributed by atoms with E-state index >= 15 is 0 Å². The van der Waals surface area contributed by atoms with Crippen LogP contribution in [0.1, 0.15) is 16.6 Å². The Morgan fingerprint density at radius 1 is 1.39 bits per heavy atom. The summed E-state index contributed by atoms with van der Waals surface area (Å²) in [5, 5.41) is 11.0. The van der Waals surface area contributed by atoms with Crippen molar-refractivity contribution in [1.29, 1.82) is 0 Å². The molecule has 0 radical (unpaired) electrons. The van der Waals surface area contributed by atoms with Gasteiger partial charge in [-0.2, -0.15) is 4.72 Å². The number of carbonyl (C=O) groups is 2. The number of carbonyl (C=O) groups excluding carboxylic acids is 1. The van der Waals surface area contributed by atoms with Crippen LogP contribution in [0.25, 0.3) is 0 Å². The number of carboxylic acids is 1. The number of hydrogen-bond donors (Lipinski definition) is 3. The maximum absolute atomic E-state index is 11.8. The zero-order valence-electron chi connectivity index (χ0n) is 9.63. The Morgan fingerprint density at radius 3 is 2.44 bits per heavy atom. The van der Waals surface area contributed by atoms with E-state index in [1.165, 1.54) is 26.1 Å². The number of rotatable bonds is 5. The van der Waals surface area contributed by atoms with Crippen LogP contribution < -0.4 is 10.0 Å². The summed E-state index contributed by atoms with van der Waals surface area (Å²) in [7, 11) is -2.49. The quantitative estimate of drug-likeness (QED) is 0.699. The van der Waals surface area contributed by atoms with Crippen LogP contribution in [0, 0.1) is 0 Å². The van der Waals surface area contributed by atoms with Gasteiger partial charge in [0.25, 0.3) is 10.0 Å². The molecule has 1 aromatic rings. The summed E-state index contributed by atoms with van der Waals surface area (Å²) in [6.45, 7) is 1.39. The zero-order chi connectivity index (χ0) is 13.9. The van der Waals surface area contributed by atoms with E-state index in [0.29, 0.717) is 11.3 Å². The van der Waals surface area contributed by atoms with E-state index < -0.39 is 27.9 Å². The summed E-state index contributed by atoms with van der Waals surface area (Å²) in [5.41, 5.74) is 0. The van der Waals surface area contributed by atoms with Crippen LogP contribution in [0.5, 0.6) is 0 Å². The van der Waals surface area contributed by atoms with Gasteiger partial charge in [0, 0.05) is 7.05 Å². The Balaban J connectivity index is 2.92. The Labute approximate surface area is 108 Å². The van der Waals surface area contributed by atoms with Crippen molar-refractivity contribution < 1.29 is 23.1 Å². The molecule has 1 aromatic heterocycles. The SMILES string of the molecule is CNC(=O)C(C)NS(=O)(=O)c1ccc(C(=O)O)s1. The molecule has 0 aliphatic heterocycles. The molecule has 0 spiro atoms. The molecule has 18 heavy (non-hydrogen) atoms. The van der Waals surface area contributed by atoms with E-state index in [4.69, 9.17) is 5.11 Å². The topological polar surface area (TPSA) is 113 Å². The molecule has 0 saturated carbocycles. The maximum Gasteiger partial charge on any atom is 0.345 e. The van der Waals surface area contributed by atoms with Crippen LogP contribution in [-0.4, -0.2) is 38.5 Å². The van der Waals surface area contributed by atoms with Crippen molar-refractivity contribution in [3.8, 4) is 0 Å². The van der Waals surface area contributed by atoms with E-state index in [0.717, 1.165) is 0 Å². The molecule has 0 aliphatic carbocycles. The molecule has 0 aliphatic rings. The van der Waals surface area contributed by atoms with E-state index in [9.17, 15) is 18.0 Å². The fourth-order valence-electron chi connectivity index (χ4n) is 1.14. The van der Waals surface area contributed by atoms with Gasteiger partial charge in [-0.3, -0.25) is 4.79 Å². The van der Waals surface area contributed by atoms with Gasteiger partial charge in [0.1, 0.15) is 9.09 Å². The number of aromatic carboxylic acids is 1. The third-order valence-electron chi connectivity index (χ3n) is 2.03. The normalized spacial score (nSPS) is 13.0. The van der Waals surface area contributed by atoms with Crippen molar-refractivity contribution in [1.82, 2.24) is 10.0 Å². The molecule has 9 heteroatoms. The number of thiophene rings is 1. The minimum absolute atomic E-state index is 0.0806. The summed E-state index contributed by atoms with van der Waals surface area (Å²) in [6.07, 6.45) is 0. The summed E-state index contributed by atoms with van der Waals surface area (Å²) in [4.78, 5) is 21.8. The first-order valence-corrected chi connectivity index (χ1v) is 7.15. The van der Waals surface area contributed by atoms with Crippen LogP contribution in [0.3, 0.4) is 0 Å². The van der Waals surface area contributed by atoms with Gasteiger partial charge in [-0.15, -0.1) is 11.3 Å². The molecule has 3 N–H and O–H groups in total. The lowest BCUT2D eigenvalue weighted by molar-refractivity contribution is -0.121. The second-order valence-electron chi connectivity index (χ2n) is 3.38. The molecule has 7 nitrogen and oxygen atoms in total. The summed E-state index contributed by atoms with van der Waals surface area (Å²) in [5.74, 6) is -1.67. The van der Waals surface area contributed by atoms with Crippen molar-refractivity contribution in [3.05, 3.63) is 17.0 Å². The molecule has 1 amide bonds. The molecule has 1 unspecified atom stereocenters. The van der Waals surface area contributed by atoms with Crippen LogP contribution in [0.2, 0.25) is 0 Å². The van der Waals surface area contributed by atoms with E-state index in [1.54, 1.807) is 0 Å². The van der Waals surface area contributed by atoms with Gasteiger partial charge in [-0.1, -0.05) is 0 Å². The average molecular weight is 292 g/mol. The third kappa shape index (κ3) is 3.28. The first-order chi connectivity index (χ1) is 8.27. The van der Waals surface area contributed by atoms with E-state index in [1.807, 2.05) is 0 Å². The van der Waals surface area contributed by atoms with Gasteiger partial charge in [0.2, 0.25) is 5.91 Å². The monoisotopic (exact) mass is 292 g/mol. The third-order valence-corrected chi connectivity index (χ3v) is 5.13. The minimum Gasteiger partial charge on any atom is -0.477 e. The number of sulfonamides is 1. The minimum atomic E-state index is -3.88. The molecule has 0 aromatic carbocycles. The van der Waals surface area contributed by atoms with Gasteiger partial charge in [0.05, 0.1) is 6.04 Å². The Bertz CT molecular complexity index is 563. The molecule has 0 saturated heterocycles. The highest BCUT2D eigenvalue weighted by Crippen LogP contribution is 2.21. The first kappa shape index (κ1) is 14.6. The smallest absolute Gasteiger partial charge is 0.345 e. The summed E-state index contributed by atoms with van der Waals surface area (Å²) >= 11 is 0.628. The molecule has 1 rings (SSSR count). The molecular formula is C9H12N2O5S2. The fraction of sp³-hybridized carbons (Fsp3) is 0.333. The van der Waals surface area contributed by atoms with Gasteiger partial charge in [0.15, 0.2) is 0 Å². The largest absolute Gasteiger partial charge is 0.477 e. The number of hydrogen-bond acceptors (Lipinski definition) is 5. The summed E-state index contributed by atoms with van der Waals surface area (Å²) in [6, 6.07) is 1.45. The van der Waals surface area contributed by atoms with E-state index in [-0.39, 0.29) is 9.09 Å². The molecular weight excluding hydrogens is 280 g/mol. The summed E-state index contributed by atoms with van der Waals surface area (Å²) < 4.78 is 25.7. The predicted octanol–water partition coefficient (Wildman–Crippen LogP) is -0.141. The standard InChI is InChI=1S/C9H12N2O5S2/c1-5(8(12)10-2)11-18(15,16)7-4-3-6(17-7)9(13)14/h3-5,11H,1-2H3,(H,10,12)(H,13,14). The highest BCUT2D eigenvalue weighted by molar-refractivity contribution is 7.91. The molecule has 0 bridgehead atoms. The molecule has 100 valence electrons. The highest BCUT2D eigenvalue weighted by Gasteiger charge is 2.23. The average Bonchev–Trinajstić information content (AvgIpc) is 2.77. The van der Waals surface area contributed by atoms with Gasteiger partial charge in [-0.25, -0.2) is 13.2 Å². The zero-order valence-corrected chi connectivity index (χ0v) is 11.3. The van der Waals surface area contributed by atoms with Crippen LogP contribution >= 0.6 is 11.3 Å². The Morgan fingerprint density at radius 2 is 2.00 bits per heavy atom. The molecule has 0 fully saturated rings.